The van der Waals surface area contributed by atoms with E-state index in [4.69, 9.17) is 5.11 Å². The van der Waals surface area contributed by atoms with Gasteiger partial charge in [-0.3, -0.25) is 9.59 Å². The van der Waals surface area contributed by atoms with Gasteiger partial charge < -0.3 is 20.2 Å². The Hall–Kier alpha value is -2.64. The average Bonchev–Trinajstić information content (AvgIpc) is 2.62. The Kier molecular flexibility index (Phi) is 6.54. The van der Waals surface area contributed by atoms with E-state index in [9.17, 15) is 18.8 Å². The fourth-order valence-electron chi connectivity index (χ4n) is 3.01. The largest absolute Gasteiger partial charge is 0.481 e. The van der Waals surface area contributed by atoms with Gasteiger partial charge in [0.2, 0.25) is 5.91 Å². The van der Waals surface area contributed by atoms with Crippen molar-refractivity contribution in [3.63, 3.8) is 0 Å². The third kappa shape index (κ3) is 4.93. The van der Waals surface area contributed by atoms with Crippen LogP contribution in [0.1, 0.15) is 19.8 Å². The van der Waals surface area contributed by atoms with Crippen LogP contribution in [0.15, 0.2) is 24.3 Å². The summed E-state index contributed by atoms with van der Waals surface area (Å²) in [6.07, 6.45) is 1.29. The van der Waals surface area contributed by atoms with Gasteiger partial charge >= 0.3 is 12.0 Å². The summed E-state index contributed by atoms with van der Waals surface area (Å²) in [5.41, 5.74) is 0.0957. The lowest BCUT2D eigenvalue weighted by Crippen LogP contribution is -2.48. The summed E-state index contributed by atoms with van der Waals surface area (Å²) in [7, 11) is 1.57. The predicted octanol–water partition coefficient (Wildman–Crippen LogP) is 2.25. The van der Waals surface area contributed by atoms with Crippen molar-refractivity contribution in [1.29, 1.82) is 0 Å². The van der Waals surface area contributed by atoms with Gasteiger partial charge in [-0.2, -0.15) is 0 Å². The number of rotatable bonds is 5. The zero-order valence-electron chi connectivity index (χ0n) is 14.9. The zero-order valence-corrected chi connectivity index (χ0v) is 14.9. The van der Waals surface area contributed by atoms with E-state index < -0.39 is 23.7 Å². The molecule has 142 valence electrons. The highest BCUT2D eigenvalue weighted by Gasteiger charge is 2.31. The number of carbonyl (C=O) groups is 3. The standard InChI is InChI=1S/C18H24FN3O4/c1-12(17(24)25)10-21(2)16(23)13-6-5-9-22(11-13)18(26)20-15-8-4-3-7-14(15)19/h3-4,7-8,12-13H,5-6,9-11H2,1-2H3,(H,20,26)(H,24,25). The maximum atomic E-state index is 13.7. The molecule has 0 spiro atoms. The summed E-state index contributed by atoms with van der Waals surface area (Å²) in [6.45, 7) is 2.37. The Morgan fingerprint density at radius 3 is 2.73 bits per heavy atom. The Balaban J connectivity index is 1.95. The molecule has 1 aliphatic heterocycles. The third-order valence-corrected chi connectivity index (χ3v) is 4.52. The number of hydrogen-bond donors (Lipinski definition) is 2. The zero-order chi connectivity index (χ0) is 19.3. The molecular formula is C18H24FN3O4. The van der Waals surface area contributed by atoms with Gasteiger partial charge in [-0.05, 0) is 25.0 Å². The topological polar surface area (TPSA) is 90.0 Å². The molecule has 2 N–H and O–H groups in total. The maximum Gasteiger partial charge on any atom is 0.321 e. The molecule has 1 aromatic rings. The molecule has 2 unspecified atom stereocenters. The number of amides is 3. The number of anilines is 1. The summed E-state index contributed by atoms with van der Waals surface area (Å²) >= 11 is 0. The lowest BCUT2D eigenvalue weighted by Gasteiger charge is -2.34. The molecule has 0 bridgehead atoms. The van der Waals surface area contributed by atoms with Crippen LogP contribution in [0.2, 0.25) is 0 Å². The molecule has 1 aliphatic rings. The maximum absolute atomic E-state index is 13.7. The van der Waals surface area contributed by atoms with E-state index in [2.05, 4.69) is 5.32 Å². The second-order valence-corrected chi connectivity index (χ2v) is 6.65. The highest BCUT2D eigenvalue weighted by Crippen LogP contribution is 2.21. The molecule has 0 aliphatic carbocycles. The van der Waals surface area contributed by atoms with Crippen molar-refractivity contribution in [2.75, 3.05) is 32.0 Å². The molecule has 8 heteroatoms. The van der Waals surface area contributed by atoms with Gasteiger partial charge in [0.05, 0.1) is 17.5 Å². The molecule has 2 rings (SSSR count). The highest BCUT2D eigenvalue weighted by atomic mass is 19.1. The summed E-state index contributed by atoms with van der Waals surface area (Å²) in [5.74, 6) is -2.71. The lowest BCUT2D eigenvalue weighted by atomic mass is 9.96. The number of carboxylic acids is 1. The number of nitrogens with zero attached hydrogens (tertiary/aromatic N) is 2. The first-order chi connectivity index (χ1) is 12.3. The number of para-hydroxylation sites is 1. The summed E-state index contributed by atoms with van der Waals surface area (Å²) in [6, 6.07) is 5.44. The van der Waals surface area contributed by atoms with Gasteiger partial charge in [-0.15, -0.1) is 0 Å². The number of urea groups is 1. The van der Waals surface area contributed by atoms with Gasteiger partial charge in [-0.1, -0.05) is 19.1 Å². The van der Waals surface area contributed by atoms with Crippen LogP contribution in [-0.2, 0) is 9.59 Å². The molecule has 2 atom stereocenters. The van der Waals surface area contributed by atoms with Crippen LogP contribution in [0.25, 0.3) is 0 Å². The molecule has 7 nitrogen and oxygen atoms in total. The lowest BCUT2D eigenvalue weighted by molar-refractivity contribution is -0.143. The number of hydrogen-bond acceptors (Lipinski definition) is 3. The van der Waals surface area contributed by atoms with E-state index in [-0.39, 0.29) is 30.6 Å². The van der Waals surface area contributed by atoms with Gasteiger partial charge in [0.25, 0.3) is 0 Å². The number of likely N-dealkylation sites (tertiary alicyclic amines) is 1. The first kappa shape index (κ1) is 19.7. The van der Waals surface area contributed by atoms with E-state index in [1.807, 2.05) is 0 Å². The average molecular weight is 365 g/mol. The van der Waals surface area contributed by atoms with Gasteiger partial charge in [0.15, 0.2) is 0 Å². The van der Waals surface area contributed by atoms with E-state index in [1.54, 1.807) is 20.0 Å². The van der Waals surface area contributed by atoms with Crippen molar-refractivity contribution in [2.24, 2.45) is 11.8 Å². The minimum absolute atomic E-state index is 0.0957. The number of piperidine rings is 1. The van der Waals surface area contributed by atoms with Crippen LogP contribution >= 0.6 is 0 Å². The number of nitrogens with one attached hydrogen (secondary N) is 1. The fourth-order valence-corrected chi connectivity index (χ4v) is 3.01. The van der Waals surface area contributed by atoms with Crippen molar-refractivity contribution in [1.82, 2.24) is 9.80 Å². The second kappa shape index (κ2) is 8.64. The number of carbonyl (C=O) groups excluding carboxylic acids is 2. The smallest absolute Gasteiger partial charge is 0.321 e. The van der Waals surface area contributed by atoms with Gasteiger partial charge in [0, 0.05) is 26.7 Å². The molecule has 0 saturated carbocycles. The molecular weight excluding hydrogens is 341 g/mol. The Bertz CT molecular complexity index is 682. The SMILES string of the molecule is CC(CN(C)C(=O)C1CCCN(C(=O)Nc2ccccc2F)C1)C(=O)O. The van der Waals surface area contributed by atoms with Crippen LogP contribution in [-0.4, -0.2) is 59.5 Å². The molecule has 1 fully saturated rings. The normalized spacial score (nSPS) is 18.1. The van der Waals surface area contributed by atoms with Crippen LogP contribution in [0.3, 0.4) is 0 Å². The third-order valence-electron chi connectivity index (χ3n) is 4.52. The number of aliphatic carboxylic acids is 1. The number of carboxylic acid groups (broad SMARTS) is 1. The van der Waals surface area contributed by atoms with Crippen molar-refractivity contribution in [3.05, 3.63) is 30.1 Å². The Morgan fingerprint density at radius 1 is 1.38 bits per heavy atom. The quantitative estimate of drug-likeness (QED) is 0.837. The summed E-state index contributed by atoms with van der Waals surface area (Å²) in [5, 5.41) is 11.5. The summed E-state index contributed by atoms with van der Waals surface area (Å²) in [4.78, 5) is 38.8. The second-order valence-electron chi connectivity index (χ2n) is 6.65. The van der Waals surface area contributed by atoms with Gasteiger partial charge in [-0.25, -0.2) is 9.18 Å². The fraction of sp³-hybridized carbons (Fsp3) is 0.500. The van der Waals surface area contributed by atoms with Crippen molar-refractivity contribution < 1.29 is 23.9 Å². The Morgan fingerprint density at radius 2 is 2.08 bits per heavy atom. The number of benzene rings is 1. The van der Waals surface area contributed by atoms with E-state index >= 15 is 0 Å². The van der Waals surface area contributed by atoms with Crippen LogP contribution < -0.4 is 5.32 Å². The molecule has 1 heterocycles. The first-order valence-corrected chi connectivity index (χ1v) is 8.57. The van der Waals surface area contributed by atoms with E-state index in [1.165, 1.54) is 28.0 Å². The molecule has 26 heavy (non-hydrogen) atoms. The molecule has 0 aromatic heterocycles. The van der Waals surface area contributed by atoms with Crippen molar-refractivity contribution in [3.8, 4) is 0 Å². The minimum Gasteiger partial charge on any atom is -0.481 e. The number of halogens is 1. The van der Waals surface area contributed by atoms with Crippen molar-refractivity contribution >= 4 is 23.6 Å². The highest BCUT2D eigenvalue weighted by molar-refractivity contribution is 5.90. The minimum atomic E-state index is -0.959. The van der Waals surface area contributed by atoms with Crippen molar-refractivity contribution in [2.45, 2.75) is 19.8 Å². The molecule has 3 amide bonds. The first-order valence-electron chi connectivity index (χ1n) is 8.57. The summed E-state index contributed by atoms with van der Waals surface area (Å²) < 4.78 is 13.7. The molecule has 1 aromatic carbocycles. The van der Waals surface area contributed by atoms with Crippen LogP contribution in [0, 0.1) is 17.7 Å². The predicted molar refractivity (Wildman–Crippen MR) is 94.2 cm³/mol. The van der Waals surface area contributed by atoms with E-state index in [0.717, 1.165) is 0 Å². The van der Waals surface area contributed by atoms with Gasteiger partial charge in [0.1, 0.15) is 5.82 Å². The Labute approximate surface area is 151 Å². The van der Waals surface area contributed by atoms with E-state index in [0.29, 0.717) is 19.4 Å². The van der Waals surface area contributed by atoms with Crippen LogP contribution in [0.4, 0.5) is 14.9 Å². The van der Waals surface area contributed by atoms with Crippen LogP contribution in [0.5, 0.6) is 0 Å². The monoisotopic (exact) mass is 365 g/mol. The molecule has 0 radical (unpaired) electrons. The molecule has 1 saturated heterocycles.